The second-order valence-corrected chi connectivity index (χ2v) is 7.50. The van der Waals surface area contributed by atoms with Gasteiger partial charge in [-0.15, -0.1) is 0 Å². The van der Waals surface area contributed by atoms with Gasteiger partial charge in [0.15, 0.2) is 0 Å². The fourth-order valence-electron chi connectivity index (χ4n) is 3.11. The predicted octanol–water partition coefficient (Wildman–Crippen LogP) is 1.98. The Morgan fingerprint density at radius 2 is 1.77 bits per heavy atom. The minimum absolute atomic E-state index is 0.00518. The van der Waals surface area contributed by atoms with Gasteiger partial charge in [-0.1, -0.05) is 33.1 Å². The molecule has 128 valence electrons. The quantitative estimate of drug-likeness (QED) is 0.672. The molecule has 1 fully saturated rings. The smallest absolute Gasteiger partial charge is 0.242 e. The van der Waals surface area contributed by atoms with E-state index in [2.05, 4.69) is 10.6 Å². The molecule has 1 saturated carbocycles. The Hall–Kier alpha value is -1.10. The minimum Gasteiger partial charge on any atom is -0.393 e. The number of rotatable bonds is 7. The Bertz CT molecular complexity index is 374. The van der Waals surface area contributed by atoms with Gasteiger partial charge in [-0.05, 0) is 38.5 Å². The molecule has 0 saturated heterocycles. The summed E-state index contributed by atoms with van der Waals surface area (Å²) in [7, 11) is 0. The highest BCUT2D eigenvalue weighted by Gasteiger charge is 2.26. The molecule has 0 spiro atoms. The van der Waals surface area contributed by atoms with E-state index in [1.165, 1.54) is 6.42 Å². The van der Waals surface area contributed by atoms with Crippen LogP contribution >= 0.6 is 0 Å². The summed E-state index contributed by atoms with van der Waals surface area (Å²) in [5, 5.41) is 15.2. The summed E-state index contributed by atoms with van der Waals surface area (Å²) in [5.41, 5.74) is -0.170. The molecule has 0 radical (unpaired) electrons. The van der Waals surface area contributed by atoms with Crippen molar-refractivity contribution in [2.75, 3.05) is 6.54 Å². The predicted molar refractivity (Wildman–Crippen MR) is 87.3 cm³/mol. The maximum absolute atomic E-state index is 12.1. The third-order valence-electron chi connectivity index (χ3n) is 4.32. The Kier molecular flexibility index (Phi) is 7.33. The summed E-state index contributed by atoms with van der Waals surface area (Å²) in [6, 6.07) is -0.517. The molecule has 3 N–H and O–H groups in total. The maximum atomic E-state index is 12.1. The van der Waals surface area contributed by atoms with Crippen molar-refractivity contribution in [3.8, 4) is 0 Å². The Balaban J connectivity index is 2.36. The van der Waals surface area contributed by atoms with Crippen LogP contribution in [0.3, 0.4) is 0 Å². The number of carbonyl (C=O) groups is 2. The normalized spacial score (nSPS) is 19.3. The fraction of sp³-hybridized carbons (Fsp3) is 0.882. The van der Waals surface area contributed by atoms with Crippen molar-refractivity contribution in [2.24, 2.45) is 11.3 Å². The number of carbonyl (C=O) groups excluding carboxylic acids is 2. The van der Waals surface area contributed by atoms with E-state index in [0.29, 0.717) is 13.0 Å². The fourth-order valence-corrected chi connectivity index (χ4v) is 3.11. The zero-order chi connectivity index (χ0) is 16.8. The highest BCUT2D eigenvalue weighted by atomic mass is 16.3. The molecule has 0 heterocycles. The van der Waals surface area contributed by atoms with Crippen molar-refractivity contribution >= 4 is 11.8 Å². The molecule has 0 aromatic carbocycles. The van der Waals surface area contributed by atoms with Crippen molar-refractivity contribution in [1.29, 1.82) is 0 Å². The molecule has 0 aromatic heterocycles. The summed E-state index contributed by atoms with van der Waals surface area (Å²) >= 11 is 0. The van der Waals surface area contributed by atoms with Crippen LogP contribution in [0.15, 0.2) is 0 Å². The number of aliphatic hydroxyl groups excluding tert-OH is 1. The second-order valence-electron chi connectivity index (χ2n) is 7.50. The van der Waals surface area contributed by atoms with E-state index in [1.54, 1.807) is 13.8 Å². The van der Waals surface area contributed by atoms with Crippen molar-refractivity contribution in [3.05, 3.63) is 0 Å². The number of hydrogen-bond donors (Lipinski definition) is 3. The van der Waals surface area contributed by atoms with Crippen molar-refractivity contribution in [1.82, 2.24) is 10.6 Å². The van der Waals surface area contributed by atoms with Gasteiger partial charge in [0.05, 0.1) is 6.10 Å². The van der Waals surface area contributed by atoms with Crippen molar-refractivity contribution < 1.29 is 14.7 Å². The molecule has 2 atom stereocenters. The van der Waals surface area contributed by atoms with Crippen LogP contribution < -0.4 is 10.6 Å². The van der Waals surface area contributed by atoms with Crippen LogP contribution in [-0.4, -0.2) is 35.6 Å². The Morgan fingerprint density at radius 3 is 2.32 bits per heavy atom. The molecule has 1 aliphatic rings. The molecule has 0 bridgehead atoms. The van der Waals surface area contributed by atoms with E-state index < -0.39 is 12.1 Å². The Morgan fingerprint density at radius 1 is 1.18 bits per heavy atom. The Labute approximate surface area is 134 Å². The van der Waals surface area contributed by atoms with E-state index >= 15 is 0 Å². The zero-order valence-corrected chi connectivity index (χ0v) is 14.4. The lowest BCUT2D eigenvalue weighted by molar-refractivity contribution is -0.131. The summed E-state index contributed by atoms with van der Waals surface area (Å²) < 4.78 is 0. The van der Waals surface area contributed by atoms with E-state index in [9.17, 15) is 14.7 Å². The van der Waals surface area contributed by atoms with Crippen LogP contribution in [0.1, 0.15) is 66.2 Å². The van der Waals surface area contributed by atoms with Gasteiger partial charge in [0.2, 0.25) is 11.8 Å². The molecule has 22 heavy (non-hydrogen) atoms. The summed E-state index contributed by atoms with van der Waals surface area (Å²) in [6.45, 7) is 7.96. The van der Waals surface area contributed by atoms with Gasteiger partial charge in [-0.25, -0.2) is 0 Å². The summed E-state index contributed by atoms with van der Waals surface area (Å²) in [4.78, 5) is 24.2. The SMILES string of the molecule is C[C@@H](O)CC(C)(C)CNC(=O)[C@@H](C)NC(=O)C1CCCCC1. The lowest BCUT2D eigenvalue weighted by Gasteiger charge is -2.27. The molecule has 5 heteroatoms. The van der Waals surface area contributed by atoms with Crippen LogP contribution in [0, 0.1) is 11.3 Å². The van der Waals surface area contributed by atoms with E-state index in [0.717, 1.165) is 25.7 Å². The van der Waals surface area contributed by atoms with Crippen LogP contribution in [0.2, 0.25) is 0 Å². The topological polar surface area (TPSA) is 78.4 Å². The first-order chi connectivity index (χ1) is 10.2. The zero-order valence-electron chi connectivity index (χ0n) is 14.4. The average Bonchev–Trinajstić information content (AvgIpc) is 2.44. The van der Waals surface area contributed by atoms with Crippen LogP contribution in [0.5, 0.6) is 0 Å². The second kappa shape index (κ2) is 8.51. The van der Waals surface area contributed by atoms with Gasteiger partial charge >= 0.3 is 0 Å². The third-order valence-corrected chi connectivity index (χ3v) is 4.32. The van der Waals surface area contributed by atoms with E-state index in [4.69, 9.17) is 0 Å². The highest BCUT2D eigenvalue weighted by Crippen LogP contribution is 2.24. The molecular weight excluding hydrogens is 280 g/mol. The number of hydrogen-bond acceptors (Lipinski definition) is 3. The molecule has 1 rings (SSSR count). The van der Waals surface area contributed by atoms with Crippen LogP contribution in [0.25, 0.3) is 0 Å². The van der Waals surface area contributed by atoms with Crippen LogP contribution in [-0.2, 0) is 9.59 Å². The highest BCUT2D eigenvalue weighted by molar-refractivity contribution is 5.88. The number of nitrogens with one attached hydrogen (secondary N) is 2. The van der Waals surface area contributed by atoms with Crippen molar-refractivity contribution in [2.45, 2.75) is 78.4 Å². The van der Waals surface area contributed by atoms with Gasteiger partial charge in [-0.2, -0.15) is 0 Å². The lowest BCUT2D eigenvalue weighted by Crippen LogP contribution is -2.48. The van der Waals surface area contributed by atoms with Gasteiger partial charge in [0.1, 0.15) is 6.04 Å². The summed E-state index contributed by atoms with van der Waals surface area (Å²) in [5.74, 6) is -0.0934. The molecule has 2 amide bonds. The van der Waals surface area contributed by atoms with E-state index in [1.807, 2.05) is 13.8 Å². The monoisotopic (exact) mass is 312 g/mol. The first-order valence-corrected chi connectivity index (χ1v) is 8.47. The largest absolute Gasteiger partial charge is 0.393 e. The molecule has 0 unspecified atom stereocenters. The number of amides is 2. The van der Waals surface area contributed by atoms with Gasteiger partial charge in [0, 0.05) is 12.5 Å². The number of aliphatic hydroxyl groups is 1. The lowest BCUT2D eigenvalue weighted by atomic mass is 9.87. The molecule has 5 nitrogen and oxygen atoms in total. The third kappa shape index (κ3) is 6.77. The first-order valence-electron chi connectivity index (χ1n) is 8.47. The van der Waals surface area contributed by atoms with Gasteiger partial charge < -0.3 is 15.7 Å². The van der Waals surface area contributed by atoms with E-state index in [-0.39, 0.29) is 23.1 Å². The van der Waals surface area contributed by atoms with Gasteiger partial charge in [-0.3, -0.25) is 9.59 Å². The molecule has 0 aliphatic heterocycles. The molecule has 0 aromatic rings. The first kappa shape index (κ1) is 18.9. The summed E-state index contributed by atoms with van der Waals surface area (Å²) in [6.07, 6.45) is 5.51. The molecule has 1 aliphatic carbocycles. The standard InChI is InChI=1S/C17H32N2O3/c1-12(20)10-17(3,4)11-18-15(21)13(2)19-16(22)14-8-6-5-7-9-14/h12-14,20H,5-11H2,1-4H3,(H,18,21)(H,19,22)/t12-,13-/m1/s1. The average molecular weight is 312 g/mol. The minimum atomic E-state index is -0.517. The van der Waals surface area contributed by atoms with Crippen LogP contribution in [0.4, 0.5) is 0 Å². The van der Waals surface area contributed by atoms with Gasteiger partial charge in [0.25, 0.3) is 0 Å². The maximum Gasteiger partial charge on any atom is 0.242 e. The van der Waals surface area contributed by atoms with Crippen molar-refractivity contribution in [3.63, 3.8) is 0 Å². The molecular formula is C17H32N2O3.